The standard InChI is InChI=1S/C34H30F6N8OS/c1-16(18-5-3-9-44-29(18)42)47(2)31-20-11-22(34(38,39)40)25(19-6-7-23(36)28-24(19)21(13-41)30(43)50-28)26(37)27(20)45-32(46-31)49-15-33-8-4-10-48(33)14-17(35)12-33/h3,5-7,9,11,16-17H,4,8,10,12,14-15,43H2,1-2H3,(H2,42,44)/t16-,17-,33+/m1/s1. The van der Waals surface area contributed by atoms with Crippen LogP contribution in [0.25, 0.3) is 32.1 Å². The molecule has 5 aromatic rings. The molecule has 7 rings (SSSR count). The van der Waals surface area contributed by atoms with Gasteiger partial charge in [-0.2, -0.15) is 28.4 Å². The fourth-order valence-electron chi connectivity index (χ4n) is 7.34. The summed E-state index contributed by atoms with van der Waals surface area (Å²) in [5.74, 6) is -2.14. The summed E-state index contributed by atoms with van der Waals surface area (Å²) < 4.78 is 97.3. The Morgan fingerprint density at radius 1 is 1.22 bits per heavy atom. The highest BCUT2D eigenvalue weighted by molar-refractivity contribution is 7.23. The smallest absolute Gasteiger partial charge is 0.417 e. The molecule has 2 aromatic carbocycles. The van der Waals surface area contributed by atoms with Gasteiger partial charge in [-0.05, 0) is 50.1 Å². The summed E-state index contributed by atoms with van der Waals surface area (Å²) >= 11 is 0.677. The highest BCUT2D eigenvalue weighted by Gasteiger charge is 2.49. The number of hydrogen-bond donors (Lipinski definition) is 2. The molecule has 0 aliphatic carbocycles. The van der Waals surface area contributed by atoms with Gasteiger partial charge in [0, 0.05) is 48.1 Å². The quantitative estimate of drug-likeness (QED) is 0.166. The monoisotopic (exact) mass is 712 g/mol. The predicted octanol–water partition coefficient (Wildman–Crippen LogP) is 7.39. The van der Waals surface area contributed by atoms with E-state index in [1.807, 2.05) is 11.0 Å². The van der Waals surface area contributed by atoms with Gasteiger partial charge < -0.3 is 21.1 Å². The van der Waals surface area contributed by atoms with Crippen LogP contribution in [0, 0.1) is 23.0 Å². The average Bonchev–Trinajstić information content (AvgIpc) is 3.72. The van der Waals surface area contributed by atoms with E-state index < -0.39 is 52.2 Å². The van der Waals surface area contributed by atoms with Crippen LogP contribution < -0.4 is 21.1 Å². The molecule has 5 heterocycles. The molecule has 260 valence electrons. The number of nitrogens with two attached hydrogens (primary N) is 2. The molecule has 0 amide bonds. The lowest BCUT2D eigenvalue weighted by Crippen LogP contribution is -2.43. The number of ether oxygens (including phenoxy) is 1. The minimum Gasteiger partial charge on any atom is -0.461 e. The molecule has 0 saturated carbocycles. The second-order valence-corrected chi connectivity index (χ2v) is 13.8. The maximum Gasteiger partial charge on any atom is 0.417 e. The van der Waals surface area contributed by atoms with Crippen molar-refractivity contribution in [1.82, 2.24) is 19.9 Å². The summed E-state index contributed by atoms with van der Waals surface area (Å²) in [7, 11) is 1.56. The van der Waals surface area contributed by atoms with Crippen LogP contribution in [0.15, 0.2) is 36.5 Å². The fourth-order valence-corrected chi connectivity index (χ4v) is 8.29. The Balaban J connectivity index is 1.47. The number of aromatic nitrogens is 3. The molecular weight excluding hydrogens is 682 g/mol. The molecule has 0 radical (unpaired) electrons. The Hall–Kier alpha value is -4.88. The van der Waals surface area contributed by atoms with Gasteiger partial charge in [0.1, 0.15) is 46.8 Å². The zero-order valence-corrected chi connectivity index (χ0v) is 27.6. The van der Waals surface area contributed by atoms with Crippen molar-refractivity contribution in [3.8, 4) is 23.2 Å². The van der Waals surface area contributed by atoms with Gasteiger partial charge in [-0.3, -0.25) is 4.90 Å². The number of nitrogens with zero attached hydrogens (tertiary/aromatic N) is 6. The minimum atomic E-state index is -5.12. The molecule has 2 fully saturated rings. The SMILES string of the molecule is C[C@H](c1cccnc1N)N(C)c1nc(OC[C@@]23CCCN2C[C@H](F)C3)nc2c(F)c(-c3ccc(F)c4sc(N)c(C#N)c34)c(C(F)(F)F)cc12. The first-order valence-electron chi connectivity index (χ1n) is 15.7. The van der Waals surface area contributed by atoms with Gasteiger partial charge in [0.15, 0.2) is 5.82 Å². The topological polar surface area (TPSA) is 130 Å². The van der Waals surface area contributed by atoms with Crippen molar-refractivity contribution in [2.75, 3.05) is 43.1 Å². The van der Waals surface area contributed by atoms with Gasteiger partial charge in [-0.25, -0.2) is 18.2 Å². The molecule has 2 aliphatic heterocycles. The predicted molar refractivity (Wildman–Crippen MR) is 178 cm³/mol. The number of benzene rings is 2. The van der Waals surface area contributed by atoms with Gasteiger partial charge in [0.05, 0.1) is 27.4 Å². The van der Waals surface area contributed by atoms with Crippen molar-refractivity contribution >= 4 is 49.0 Å². The summed E-state index contributed by atoms with van der Waals surface area (Å²) in [5, 5.41) is 9.15. The third-order valence-corrected chi connectivity index (χ3v) is 10.9. The number of rotatable bonds is 7. The van der Waals surface area contributed by atoms with Gasteiger partial charge in [0.25, 0.3) is 0 Å². The highest BCUT2D eigenvalue weighted by atomic mass is 32.1. The highest BCUT2D eigenvalue weighted by Crippen LogP contribution is 2.48. The van der Waals surface area contributed by atoms with E-state index >= 15 is 4.39 Å². The Morgan fingerprint density at radius 2 is 2.00 bits per heavy atom. The molecule has 3 atom stereocenters. The maximum atomic E-state index is 17.1. The zero-order chi connectivity index (χ0) is 35.7. The molecular formula is C34H30F6N8OS. The van der Waals surface area contributed by atoms with E-state index in [-0.39, 0.29) is 68.8 Å². The third kappa shape index (κ3) is 5.39. The van der Waals surface area contributed by atoms with E-state index in [1.54, 1.807) is 26.1 Å². The van der Waals surface area contributed by atoms with Crippen LogP contribution in [0.1, 0.15) is 48.9 Å². The molecule has 16 heteroatoms. The molecule has 0 unspecified atom stereocenters. The number of nitriles is 1. The van der Waals surface area contributed by atoms with E-state index in [2.05, 4.69) is 15.0 Å². The number of pyridine rings is 1. The summed E-state index contributed by atoms with van der Waals surface area (Å²) in [6.45, 7) is 2.64. The Morgan fingerprint density at radius 3 is 2.72 bits per heavy atom. The summed E-state index contributed by atoms with van der Waals surface area (Å²) in [5.41, 5.74) is 8.48. The second-order valence-electron chi connectivity index (χ2n) is 12.7. The molecule has 0 spiro atoms. The zero-order valence-electron chi connectivity index (χ0n) is 26.8. The van der Waals surface area contributed by atoms with Crippen LogP contribution in [0.4, 0.5) is 43.0 Å². The summed E-state index contributed by atoms with van der Waals surface area (Å²) in [6.07, 6.45) is -2.98. The van der Waals surface area contributed by atoms with Gasteiger partial charge >= 0.3 is 12.2 Å². The van der Waals surface area contributed by atoms with E-state index in [1.165, 1.54) is 11.1 Å². The van der Waals surface area contributed by atoms with Crippen molar-refractivity contribution in [3.63, 3.8) is 0 Å². The van der Waals surface area contributed by atoms with Crippen LogP contribution in [0.3, 0.4) is 0 Å². The van der Waals surface area contributed by atoms with Crippen LogP contribution in [-0.4, -0.2) is 58.3 Å². The van der Waals surface area contributed by atoms with Crippen molar-refractivity contribution in [2.24, 2.45) is 0 Å². The lowest BCUT2D eigenvalue weighted by molar-refractivity contribution is -0.137. The Kier molecular flexibility index (Phi) is 8.18. The fraction of sp³-hybridized carbons (Fsp3) is 0.353. The Bertz CT molecular complexity index is 2200. The van der Waals surface area contributed by atoms with Gasteiger partial charge in [-0.15, -0.1) is 11.3 Å². The number of nitrogen functional groups attached to an aromatic ring is 2. The molecule has 0 bridgehead atoms. The van der Waals surface area contributed by atoms with Crippen molar-refractivity contribution in [3.05, 3.63) is 64.9 Å². The van der Waals surface area contributed by atoms with Gasteiger partial charge in [-0.1, -0.05) is 12.1 Å². The van der Waals surface area contributed by atoms with Crippen LogP contribution in [0.5, 0.6) is 6.01 Å². The first kappa shape index (κ1) is 33.6. The van der Waals surface area contributed by atoms with Crippen molar-refractivity contribution in [2.45, 2.75) is 50.1 Å². The lowest BCUT2D eigenvalue weighted by atomic mass is 9.92. The maximum absolute atomic E-state index is 17.1. The number of fused-ring (bicyclic) bond motifs is 3. The number of alkyl halides is 4. The van der Waals surface area contributed by atoms with E-state index in [9.17, 15) is 27.2 Å². The minimum absolute atomic E-state index is 0.0272. The molecule has 3 aromatic heterocycles. The number of thiophene rings is 1. The number of hydrogen-bond acceptors (Lipinski definition) is 10. The summed E-state index contributed by atoms with van der Waals surface area (Å²) in [4.78, 5) is 16.4. The number of halogens is 6. The molecule has 9 nitrogen and oxygen atoms in total. The molecule has 2 saturated heterocycles. The van der Waals surface area contributed by atoms with E-state index in [0.29, 0.717) is 29.9 Å². The van der Waals surface area contributed by atoms with Gasteiger partial charge in [0.2, 0.25) is 0 Å². The van der Waals surface area contributed by atoms with Crippen LogP contribution >= 0.6 is 11.3 Å². The molecule has 4 N–H and O–H groups in total. The molecule has 50 heavy (non-hydrogen) atoms. The van der Waals surface area contributed by atoms with Crippen LogP contribution in [0.2, 0.25) is 0 Å². The van der Waals surface area contributed by atoms with Crippen molar-refractivity contribution < 1.29 is 31.1 Å². The summed E-state index contributed by atoms with van der Waals surface area (Å²) in [6, 6.07) is 6.84. The third-order valence-electron chi connectivity index (χ3n) is 9.86. The van der Waals surface area contributed by atoms with Crippen LogP contribution in [-0.2, 0) is 6.18 Å². The second kappa shape index (κ2) is 12.2. The first-order valence-corrected chi connectivity index (χ1v) is 16.5. The normalized spacial score (nSPS) is 19.9. The van der Waals surface area contributed by atoms with Crippen molar-refractivity contribution in [1.29, 1.82) is 5.26 Å². The Labute approximate surface area is 286 Å². The number of anilines is 3. The largest absolute Gasteiger partial charge is 0.461 e. The average molecular weight is 713 g/mol. The first-order chi connectivity index (χ1) is 23.7. The molecule has 2 aliphatic rings. The van der Waals surface area contributed by atoms with E-state index in [4.69, 9.17) is 16.2 Å². The lowest BCUT2D eigenvalue weighted by Gasteiger charge is -2.31. The van der Waals surface area contributed by atoms with E-state index in [0.717, 1.165) is 24.6 Å².